The number of hydrogen-bond donors (Lipinski definition) is 0. The lowest BCUT2D eigenvalue weighted by atomic mass is 10.2. The molecule has 1 saturated heterocycles. The summed E-state index contributed by atoms with van der Waals surface area (Å²) in [6.45, 7) is 2.16. The number of hydrogen-bond acceptors (Lipinski definition) is 7. The minimum absolute atomic E-state index is 0.0164. The van der Waals surface area contributed by atoms with E-state index in [4.69, 9.17) is 14.2 Å². The Labute approximate surface area is 149 Å². The predicted octanol–water partition coefficient (Wildman–Crippen LogP) is 1.83. The fraction of sp³-hybridized carbons (Fsp3) is 0.353. The maximum Gasteiger partial charge on any atom is 0.338 e. The number of ether oxygens (including phenoxy) is 3. The van der Waals surface area contributed by atoms with Crippen molar-refractivity contribution in [2.24, 2.45) is 0 Å². The molecule has 0 atom stereocenters. The number of methoxy groups -OCH3 is 1. The third-order valence-electron chi connectivity index (χ3n) is 3.29. The summed E-state index contributed by atoms with van der Waals surface area (Å²) < 4.78 is 15.1. The molecule has 0 N–H and O–H groups in total. The Balaban J connectivity index is 1.91. The van der Waals surface area contributed by atoms with Gasteiger partial charge in [-0.3, -0.25) is 4.79 Å². The van der Waals surface area contributed by atoms with Crippen LogP contribution < -0.4 is 4.74 Å². The maximum atomic E-state index is 12.0. The molecule has 0 unspecified atom stereocenters. The minimum Gasteiger partial charge on any atom is -0.497 e. The van der Waals surface area contributed by atoms with Gasteiger partial charge in [0.15, 0.2) is 0 Å². The summed E-state index contributed by atoms with van der Waals surface area (Å²) in [5.41, 5.74) is 0.365. The van der Waals surface area contributed by atoms with Crippen LogP contribution >= 0.6 is 11.8 Å². The molecule has 0 saturated carbocycles. The van der Waals surface area contributed by atoms with Crippen LogP contribution in [0.1, 0.15) is 17.3 Å². The monoisotopic (exact) mass is 365 g/mol. The number of thioether (sulfide) groups is 1. The fourth-order valence-corrected chi connectivity index (χ4v) is 3.07. The zero-order valence-electron chi connectivity index (χ0n) is 14.0. The van der Waals surface area contributed by atoms with Crippen molar-refractivity contribution in [1.29, 1.82) is 0 Å². The highest BCUT2D eigenvalue weighted by Gasteiger charge is 2.27. The molecule has 0 radical (unpaired) electrons. The second-order valence-electron chi connectivity index (χ2n) is 4.94. The molecule has 8 heteroatoms. The third kappa shape index (κ3) is 5.25. The van der Waals surface area contributed by atoms with Crippen molar-refractivity contribution >= 4 is 29.6 Å². The lowest BCUT2D eigenvalue weighted by Crippen LogP contribution is -2.29. The molecular formula is C17H19NO6S. The smallest absolute Gasteiger partial charge is 0.338 e. The summed E-state index contributed by atoms with van der Waals surface area (Å²) in [5.74, 6) is -0.347. The zero-order valence-corrected chi connectivity index (χ0v) is 14.8. The number of esters is 2. The number of amides is 1. The molecule has 2 rings (SSSR count). The Bertz CT molecular complexity index is 687. The van der Waals surface area contributed by atoms with Gasteiger partial charge in [0, 0.05) is 0 Å². The average molecular weight is 365 g/mol. The highest BCUT2D eigenvalue weighted by molar-refractivity contribution is 8.04. The first kappa shape index (κ1) is 18.9. The van der Waals surface area contributed by atoms with E-state index in [0.29, 0.717) is 16.3 Å². The van der Waals surface area contributed by atoms with E-state index in [1.165, 1.54) is 29.8 Å². The van der Waals surface area contributed by atoms with Gasteiger partial charge >= 0.3 is 11.9 Å². The molecule has 0 aliphatic carbocycles. The van der Waals surface area contributed by atoms with Gasteiger partial charge in [0.2, 0.25) is 5.91 Å². The number of carbonyl (C=O) groups is 3. The predicted molar refractivity (Wildman–Crippen MR) is 92.2 cm³/mol. The lowest BCUT2D eigenvalue weighted by molar-refractivity contribution is -0.137. The van der Waals surface area contributed by atoms with E-state index in [1.807, 2.05) is 0 Å². The molecule has 134 valence electrons. The van der Waals surface area contributed by atoms with E-state index in [0.717, 1.165) is 0 Å². The molecule has 1 aromatic rings. The first-order chi connectivity index (χ1) is 12.0. The van der Waals surface area contributed by atoms with Crippen LogP contribution in [0.4, 0.5) is 0 Å². The Morgan fingerprint density at radius 1 is 1.32 bits per heavy atom. The van der Waals surface area contributed by atoms with Crippen LogP contribution in [0.15, 0.2) is 35.4 Å². The summed E-state index contributed by atoms with van der Waals surface area (Å²) in [6.07, 6.45) is 1.28. The molecule has 1 aliphatic rings. The highest BCUT2D eigenvalue weighted by atomic mass is 32.2. The molecule has 1 heterocycles. The van der Waals surface area contributed by atoms with Crippen LogP contribution in [-0.4, -0.2) is 55.4 Å². The Morgan fingerprint density at radius 3 is 2.84 bits per heavy atom. The summed E-state index contributed by atoms with van der Waals surface area (Å²) in [4.78, 5) is 36.9. The lowest BCUT2D eigenvalue weighted by Gasteiger charge is -2.16. The van der Waals surface area contributed by atoms with Gasteiger partial charge in [-0.2, -0.15) is 0 Å². The average Bonchev–Trinajstić information content (AvgIpc) is 2.95. The van der Waals surface area contributed by atoms with Gasteiger partial charge in [-0.1, -0.05) is 17.8 Å². The molecule has 1 fully saturated rings. The zero-order chi connectivity index (χ0) is 18.2. The molecule has 1 aromatic carbocycles. The van der Waals surface area contributed by atoms with Crippen LogP contribution in [0.25, 0.3) is 0 Å². The summed E-state index contributed by atoms with van der Waals surface area (Å²) in [6, 6.07) is 6.61. The van der Waals surface area contributed by atoms with Gasteiger partial charge in [0.1, 0.15) is 12.4 Å². The summed E-state index contributed by atoms with van der Waals surface area (Å²) in [7, 11) is 1.51. The SMILES string of the molecule is CCOC(=O)/C=C1\SCC(=O)N1CCOC(=O)c1cccc(OC)c1. The molecule has 0 spiro atoms. The Morgan fingerprint density at radius 2 is 2.12 bits per heavy atom. The summed E-state index contributed by atoms with van der Waals surface area (Å²) in [5, 5.41) is 0.501. The van der Waals surface area contributed by atoms with Crippen molar-refractivity contribution in [3.63, 3.8) is 0 Å². The topological polar surface area (TPSA) is 82.1 Å². The molecule has 1 aliphatic heterocycles. The van der Waals surface area contributed by atoms with Crippen molar-refractivity contribution in [3.8, 4) is 5.75 Å². The minimum atomic E-state index is -0.505. The number of benzene rings is 1. The number of nitrogens with zero attached hydrogens (tertiary/aromatic N) is 1. The van der Waals surface area contributed by atoms with Crippen LogP contribution in [0, 0.1) is 0 Å². The molecular weight excluding hydrogens is 346 g/mol. The fourth-order valence-electron chi connectivity index (χ4n) is 2.12. The molecule has 0 aromatic heterocycles. The van der Waals surface area contributed by atoms with E-state index >= 15 is 0 Å². The van der Waals surface area contributed by atoms with Crippen molar-refractivity contribution in [1.82, 2.24) is 4.90 Å². The van der Waals surface area contributed by atoms with Crippen LogP contribution in [0.5, 0.6) is 5.75 Å². The first-order valence-corrected chi connectivity index (χ1v) is 8.66. The molecule has 7 nitrogen and oxygen atoms in total. The van der Waals surface area contributed by atoms with Crippen molar-refractivity contribution in [3.05, 3.63) is 40.9 Å². The van der Waals surface area contributed by atoms with E-state index in [2.05, 4.69) is 0 Å². The van der Waals surface area contributed by atoms with E-state index in [9.17, 15) is 14.4 Å². The quantitative estimate of drug-likeness (QED) is 0.538. The van der Waals surface area contributed by atoms with Crippen LogP contribution in [0.2, 0.25) is 0 Å². The molecule has 25 heavy (non-hydrogen) atoms. The Kier molecular flexibility index (Phi) is 6.88. The summed E-state index contributed by atoms with van der Waals surface area (Å²) >= 11 is 1.25. The third-order valence-corrected chi connectivity index (χ3v) is 4.32. The number of rotatable bonds is 7. The van der Waals surface area contributed by atoms with Crippen molar-refractivity contribution < 1.29 is 28.6 Å². The van der Waals surface area contributed by atoms with Crippen molar-refractivity contribution in [2.75, 3.05) is 32.6 Å². The van der Waals surface area contributed by atoms with Gasteiger partial charge in [0.05, 0.1) is 42.7 Å². The second kappa shape index (κ2) is 9.12. The van der Waals surface area contributed by atoms with Gasteiger partial charge in [-0.05, 0) is 25.1 Å². The van der Waals surface area contributed by atoms with E-state index in [-0.39, 0.29) is 31.4 Å². The van der Waals surface area contributed by atoms with Gasteiger partial charge in [-0.15, -0.1) is 0 Å². The molecule has 0 bridgehead atoms. The van der Waals surface area contributed by atoms with E-state index < -0.39 is 11.9 Å². The highest BCUT2D eigenvalue weighted by Crippen LogP contribution is 2.28. The molecule has 1 amide bonds. The van der Waals surface area contributed by atoms with Crippen molar-refractivity contribution in [2.45, 2.75) is 6.92 Å². The largest absolute Gasteiger partial charge is 0.497 e. The second-order valence-corrected chi connectivity index (χ2v) is 5.93. The van der Waals surface area contributed by atoms with E-state index in [1.54, 1.807) is 31.2 Å². The van der Waals surface area contributed by atoms with Gasteiger partial charge in [0.25, 0.3) is 0 Å². The standard InChI is InChI=1S/C17H19NO6S/c1-3-23-16(20)10-15-18(14(19)11-25-15)7-8-24-17(21)12-5-4-6-13(9-12)22-2/h4-6,9-10H,3,7-8,11H2,1-2H3/b15-10-. The first-order valence-electron chi connectivity index (χ1n) is 7.68. The Hall–Kier alpha value is -2.48. The number of carbonyl (C=O) groups excluding carboxylic acids is 3. The maximum absolute atomic E-state index is 12.0. The van der Waals surface area contributed by atoms with Gasteiger partial charge < -0.3 is 19.1 Å². The van der Waals surface area contributed by atoms with Crippen LogP contribution in [-0.2, 0) is 19.1 Å². The van der Waals surface area contributed by atoms with Crippen LogP contribution in [0.3, 0.4) is 0 Å². The normalized spacial score (nSPS) is 15.4. The van der Waals surface area contributed by atoms with Gasteiger partial charge in [-0.25, -0.2) is 9.59 Å².